The summed E-state index contributed by atoms with van der Waals surface area (Å²) in [5, 5.41) is 0. The summed E-state index contributed by atoms with van der Waals surface area (Å²) in [6, 6.07) is 52.6. The molecule has 2 heterocycles. The van der Waals surface area contributed by atoms with Gasteiger partial charge in [-0.25, -0.2) is 19.7 Å². The second-order valence-corrected chi connectivity index (χ2v) is 11.4. The first-order chi connectivity index (χ1) is 23.1. The molecule has 2 aromatic heterocycles. The molecule has 8 aromatic rings. The minimum absolute atomic E-state index is 0.0850. The Morgan fingerprint density at radius 3 is 1.40 bits per heavy atom. The van der Waals surface area contributed by atoms with Crippen LogP contribution in [-0.2, 0) is 7.05 Å². The standard InChI is InChI=1S/C41H29N5O/c1-45-37-35(18-11-19-36(37)46(41(45)47)34-16-9-4-10-17-34)30-22-26-33(27-23-30)40-43-38(31-14-7-3-8-15-31)42-39(44-40)32-24-20-29(21-25-32)28-12-5-2-6-13-28/h2-27H,1H3. The van der Waals surface area contributed by atoms with Gasteiger partial charge >= 0.3 is 5.69 Å². The van der Waals surface area contributed by atoms with E-state index < -0.39 is 0 Å². The molecule has 6 heteroatoms. The summed E-state index contributed by atoms with van der Waals surface area (Å²) in [5.41, 5.74) is 9.46. The number of aryl methyl sites for hydroxylation is 1. The van der Waals surface area contributed by atoms with Crippen LogP contribution < -0.4 is 5.69 Å². The van der Waals surface area contributed by atoms with Gasteiger partial charge in [-0.2, -0.15) is 0 Å². The lowest BCUT2D eigenvalue weighted by Gasteiger charge is -2.10. The fourth-order valence-electron chi connectivity index (χ4n) is 6.06. The van der Waals surface area contributed by atoms with E-state index in [9.17, 15) is 4.79 Å². The number of para-hydroxylation sites is 2. The Balaban J connectivity index is 1.20. The number of imidazole rings is 1. The third-order valence-corrected chi connectivity index (χ3v) is 8.46. The predicted molar refractivity (Wildman–Crippen MR) is 189 cm³/mol. The van der Waals surface area contributed by atoms with Crippen LogP contribution in [-0.4, -0.2) is 24.1 Å². The van der Waals surface area contributed by atoms with Gasteiger partial charge in [-0.1, -0.05) is 140 Å². The van der Waals surface area contributed by atoms with E-state index in [0.29, 0.717) is 17.5 Å². The highest BCUT2D eigenvalue weighted by Gasteiger charge is 2.17. The number of hydrogen-bond donors (Lipinski definition) is 0. The topological polar surface area (TPSA) is 65.6 Å². The summed E-state index contributed by atoms with van der Waals surface area (Å²) in [4.78, 5) is 28.1. The number of fused-ring (bicyclic) bond motifs is 1. The van der Waals surface area contributed by atoms with Crippen LogP contribution in [0.2, 0.25) is 0 Å². The van der Waals surface area contributed by atoms with E-state index >= 15 is 0 Å². The van der Waals surface area contributed by atoms with E-state index in [1.807, 2.05) is 110 Å². The van der Waals surface area contributed by atoms with Gasteiger partial charge in [0.25, 0.3) is 0 Å². The van der Waals surface area contributed by atoms with Crippen LogP contribution >= 0.6 is 0 Å². The summed E-state index contributed by atoms with van der Waals surface area (Å²) < 4.78 is 3.48. The summed E-state index contributed by atoms with van der Waals surface area (Å²) in [6.45, 7) is 0. The number of rotatable bonds is 6. The monoisotopic (exact) mass is 607 g/mol. The van der Waals surface area contributed by atoms with Gasteiger partial charge in [0.15, 0.2) is 17.5 Å². The van der Waals surface area contributed by atoms with Crippen LogP contribution in [0.1, 0.15) is 0 Å². The minimum Gasteiger partial charge on any atom is -0.294 e. The number of nitrogens with zero attached hydrogens (tertiary/aromatic N) is 5. The van der Waals surface area contributed by atoms with Crippen molar-refractivity contribution in [2.75, 3.05) is 0 Å². The van der Waals surface area contributed by atoms with Crippen molar-refractivity contribution >= 4 is 11.0 Å². The summed E-state index contributed by atoms with van der Waals surface area (Å²) in [7, 11) is 1.83. The Hall–Kier alpha value is -6.40. The molecule has 0 N–H and O–H groups in total. The van der Waals surface area contributed by atoms with Crippen LogP contribution in [0, 0.1) is 0 Å². The normalized spacial score (nSPS) is 11.2. The maximum Gasteiger partial charge on any atom is 0.333 e. The molecule has 47 heavy (non-hydrogen) atoms. The van der Waals surface area contributed by atoms with E-state index in [2.05, 4.69) is 54.6 Å². The first-order valence-corrected chi connectivity index (χ1v) is 15.5. The molecule has 0 amide bonds. The van der Waals surface area contributed by atoms with Crippen molar-refractivity contribution in [3.8, 4) is 62.1 Å². The van der Waals surface area contributed by atoms with Crippen molar-refractivity contribution in [3.63, 3.8) is 0 Å². The molecular formula is C41H29N5O. The molecule has 6 aromatic carbocycles. The van der Waals surface area contributed by atoms with E-state index in [0.717, 1.165) is 55.7 Å². The molecule has 0 aliphatic carbocycles. The van der Waals surface area contributed by atoms with E-state index in [1.165, 1.54) is 0 Å². The molecule has 0 radical (unpaired) electrons. The summed E-state index contributed by atoms with van der Waals surface area (Å²) >= 11 is 0. The Morgan fingerprint density at radius 2 is 0.851 bits per heavy atom. The van der Waals surface area contributed by atoms with Crippen LogP contribution in [0.3, 0.4) is 0 Å². The van der Waals surface area contributed by atoms with Gasteiger partial charge in [0.1, 0.15) is 0 Å². The lowest BCUT2D eigenvalue weighted by Crippen LogP contribution is -2.20. The average Bonchev–Trinajstić information content (AvgIpc) is 3.41. The van der Waals surface area contributed by atoms with Gasteiger partial charge in [-0.15, -0.1) is 0 Å². The van der Waals surface area contributed by atoms with Crippen molar-refractivity contribution in [1.29, 1.82) is 0 Å². The Morgan fingerprint density at radius 1 is 0.426 bits per heavy atom. The predicted octanol–water partition coefficient (Wildman–Crippen LogP) is 8.85. The molecule has 0 saturated heterocycles. The van der Waals surface area contributed by atoms with E-state index in [-0.39, 0.29) is 5.69 Å². The van der Waals surface area contributed by atoms with Crippen molar-refractivity contribution < 1.29 is 0 Å². The molecule has 0 aliphatic rings. The molecular weight excluding hydrogens is 578 g/mol. The van der Waals surface area contributed by atoms with Gasteiger partial charge in [-0.3, -0.25) is 9.13 Å². The molecule has 8 rings (SSSR count). The molecule has 0 saturated carbocycles. The SMILES string of the molecule is Cn1c(=O)n(-c2ccccc2)c2cccc(-c3ccc(-c4nc(-c5ccccc5)nc(-c5ccc(-c6ccccc6)cc5)n4)cc3)c21. The zero-order chi connectivity index (χ0) is 31.7. The quantitative estimate of drug-likeness (QED) is 0.189. The highest BCUT2D eigenvalue weighted by molar-refractivity contribution is 5.93. The lowest BCUT2D eigenvalue weighted by atomic mass is 10.0. The first-order valence-electron chi connectivity index (χ1n) is 15.5. The van der Waals surface area contributed by atoms with Gasteiger partial charge < -0.3 is 0 Å². The van der Waals surface area contributed by atoms with Crippen molar-refractivity contribution in [2.45, 2.75) is 0 Å². The van der Waals surface area contributed by atoms with E-state index in [4.69, 9.17) is 15.0 Å². The van der Waals surface area contributed by atoms with Crippen molar-refractivity contribution in [2.24, 2.45) is 7.05 Å². The maximum absolute atomic E-state index is 13.4. The molecule has 0 fully saturated rings. The number of hydrogen-bond acceptors (Lipinski definition) is 4. The fourth-order valence-corrected chi connectivity index (χ4v) is 6.06. The largest absolute Gasteiger partial charge is 0.333 e. The molecule has 0 spiro atoms. The lowest BCUT2D eigenvalue weighted by molar-refractivity contribution is 0.847. The third kappa shape index (κ3) is 5.22. The third-order valence-electron chi connectivity index (χ3n) is 8.46. The average molecular weight is 608 g/mol. The van der Waals surface area contributed by atoms with E-state index in [1.54, 1.807) is 9.13 Å². The molecule has 0 bridgehead atoms. The smallest absolute Gasteiger partial charge is 0.294 e. The molecule has 0 unspecified atom stereocenters. The Kier molecular flexibility index (Phi) is 7.08. The Labute approximate surface area is 271 Å². The summed E-state index contributed by atoms with van der Waals surface area (Å²) in [5.74, 6) is 1.82. The van der Waals surface area contributed by atoms with Crippen LogP contribution in [0.4, 0.5) is 0 Å². The number of benzene rings is 6. The van der Waals surface area contributed by atoms with Gasteiger partial charge in [0, 0.05) is 29.3 Å². The fraction of sp³-hybridized carbons (Fsp3) is 0.0244. The van der Waals surface area contributed by atoms with Crippen LogP contribution in [0.5, 0.6) is 0 Å². The first kappa shape index (κ1) is 28.1. The van der Waals surface area contributed by atoms with Gasteiger partial charge in [0.2, 0.25) is 0 Å². The highest BCUT2D eigenvalue weighted by Crippen LogP contribution is 2.32. The molecule has 0 aliphatic heterocycles. The van der Waals surface area contributed by atoms with Gasteiger partial charge in [-0.05, 0) is 34.9 Å². The zero-order valence-corrected chi connectivity index (χ0v) is 25.7. The second kappa shape index (κ2) is 11.8. The zero-order valence-electron chi connectivity index (χ0n) is 25.7. The molecule has 0 atom stereocenters. The maximum atomic E-state index is 13.4. The van der Waals surface area contributed by atoms with Crippen LogP contribution in [0.15, 0.2) is 163 Å². The minimum atomic E-state index is -0.0850. The second-order valence-electron chi connectivity index (χ2n) is 11.4. The molecule has 224 valence electrons. The number of aromatic nitrogens is 5. The van der Waals surface area contributed by atoms with Crippen molar-refractivity contribution in [1.82, 2.24) is 24.1 Å². The van der Waals surface area contributed by atoms with Gasteiger partial charge in [0.05, 0.1) is 16.7 Å². The highest BCUT2D eigenvalue weighted by atomic mass is 16.1. The van der Waals surface area contributed by atoms with Crippen molar-refractivity contribution in [3.05, 3.63) is 168 Å². The van der Waals surface area contributed by atoms with Crippen LogP contribution in [0.25, 0.3) is 73.1 Å². The summed E-state index contributed by atoms with van der Waals surface area (Å²) in [6.07, 6.45) is 0. The Bertz CT molecular complexity index is 2400. The molecule has 6 nitrogen and oxygen atoms in total.